The summed E-state index contributed by atoms with van der Waals surface area (Å²) in [5.74, 6) is -0.584. The topological polar surface area (TPSA) is 68.9 Å². The van der Waals surface area contributed by atoms with Crippen molar-refractivity contribution in [2.45, 2.75) is 26.4 Å². The number of aryl methyl sites for hydroxylation is 1. The van der Waals surface area contributed by atoms with E-state index < -0.39 is 0 Å². The molecule has 0 atom stereocenters. The number of halogens is 1. The Morgan fingerprint density at radius 2 is 1.79 bits per heavy atom. The summed E-state index contributed by atoms with van der Waals surface area (Å²) in [6, 6.07) is 13.7. The third-order valence-corrected chi connectivity index (χ3v) is 5.55. The number of nitrogens with zero attached hydrogens (tertiary/aromatic N) is 3. The Morgan fingerprint density at radius 1 is 1.10 bits per heavy atom. The SMILES string of the molecule is CCn1c(=O)n(CC(=O)Nc2ncc(Cc3ccc(F)cc3)s2)c2ccccc21. The molecular weight excluding hydrogens is 391 g/mol. The number of carbonyl (C=O) groups excluding carboxylic acids is 1. The highest BCUT2D eigenvalue weighted by Crippen LogP contribution is 2.21. The number of para-hydroxylation sites is 2. The number of fused-ring (bicyclic) bond motifs is 1. The number of nitrogens with one attached hydrogen (secondary N) is 1. The van der Waals surface area contributed by atoms with Crippen LogP contribution in [0.2, 0.25) is 0 Å². The van der Waals surface area contributed by atoms with Gasteiger partial charge in [0.25, 0.3) is 0 Å². The van der Waals surface area contributed by atoms with Crippen molar-refractivity contribution in [3.8, 4) is 0 Å². The molecule has 0 bridgehead atoms. The van der Waals surface area contributed by atoms with E-state index >= 15 is 0 Å². The van der Waals surface area contributed by atoms with E-state index in [-0.39, 0.29) is 24.0 Å². The van der Waals surface area contributed by atoms with Gasteiger partial charge in [-0.1, -0.05) is 24.3 Å². The van der Waals surface area contributed by atoms with E-state index in [1.54, 1.807) is 22.9 Å². The fraction of sp³-hybridized carbons (Fsp3) is 0.190. The number of thiazole rings is 1. The molecule has 2 heterocycles. The van der Waals surface area contributed by atoms with Crippen molar-refractivity contribution in [3.05, 3.63) is 81.5 Å². The van der Waals surface area contributed by atoms with Gasteiger partial charge < -0.3 is 5.32 Å². The molecule has 1 N–H and O–H groups in total. The molecule has 0 aliphatic heterocycles. The van der Waals surface area contributed by atoms with Crippen molar-refractivity contribution in [2.24, 2.45) is 0 Å². The number of anilines is 1. The largest absolute Gasteiger partial charge is 0.329 e. The molecule has 0 aliphatic carbocycles. The molecule has 1 amide bonds. The molecule has 0 aliphatic rings. The molecule has 6 nitrogen and oxygen atoms in total. The number of amides is 1. The van der Waals surface area contributed by atoms with Gasteiger partial charge in [0, 0.05) is 24.0 Å². The van der Waals surface area contributed by atoms with Crippen LogP contribution in [0.5, 0.6) is 0 Å². The molecule has 0 saturated carbocycles. The van der Waals surface area contributed by atoms with Crippen molar-refractivity contribution >= 4 is 33.4 Å². The molecule has 2 aromatic carbocycles. The highest BCUT2D eigenvalue weighted by molar-refractivity contribution is 7.15. The third kappa shape index (κ3) is 3.97. The maximum absolute atomic E-state index is 13.0. The Kier molecular flexibility index (Phi) is 5.26. The molecule has 0 saturated heterocycles. The zero-order valence-electron chi connectivity index (χ0n) is 15.8. The fourth-order valence-electron chi connectivity index (χ4n) is 3.28. The lowest BCUT2D eigenvalue weighted by molar-refractivity contribution is -0.116. The lowest BCUT2D eigenvalue weighted by atomic mass is 10.1. The highest BCUT2D eigenvalue weighted by Gasteiger charge is 2.15. The Labute approximate surface area is 170 Å². The molecule has 0 fully saturated rings. The van der Waals surface area contributed by atoms with E-state index in [1.165, 1.54) is 28.0 Å². The van der Waals surface area contributed by atoms with E-state index in [4.69, 9.17) is 0 Å². The lowest BCUT2D eigenvalue weighted by Gasteiger charge is -2.03. The first-order chi connectivity index (χ1) is 14.0. The predicted molar refractivity (Wildman–Crippen MR) is 112 cm³/mol. The van der Waals surface area contributed by atoms with Gasteiger partial charge >= 0.3 is 5.69 Å². The number of imidazole rings is 1. The summed E-state index contributed by atoms with van der Waals surface area (Å²) in [7, 11) is 0. The molecule has 2 aromatic heterocycles. The highest BCUT2D eigenvalue weighted by atomic mass is 32.1. The van der Waals surface area contributed by atoms with Crippen molar-refractivity contribution in [2.75, 3.05) is 5.32 Å². The zero-order chi connectivity index (χ0) is 20.4. The molecular formula is C21H19FN4O2S. The first kappa shape index (κ1) is 19.1. The van der Waals surface area contributed by atoms with Crippen molar-refractivity contribution in [1.29, 1.82) is 0 Å². The molecule has 0 spiro atoms. The molecule has 4 aromatic rings. The number of aromatic nitrogens is 3. The van der Waals surface area contributed by atoms with Crippen LogP contribution < -0.4 is 11.0 Å². The zero-order valence-corrected chi connectivity index (χ0v) is 16.6. The molecule has 4 rings (SSSR count). The number of hydrogen-bond acceptors (Lipinski definition) is 4. The molecule has 148 valence electrons. The quantitative estimate of drug-likeness (QED) is 0.528. The maximum Gasteiger partial charge on any atom is 0.329 e. The molecule has 0 radical (unpaired) electrons. The predicted octanol–water partition coefficient (Wildman–Crippen LogP) is 3.65. The summed E-state index contributed by atoms with van der Waals surface area (Å²) in [6.07, 6.45) is 2.30. The lowest BCUT2D eigenvalue weighted by Crippen LogP contribution is -2.29. The van der Waals surface area contributed by atoms with Gasteiger partial charge in [-0.3, -0.25) is 13.9 Å². The van der Waals surface area contributed by atoms with Gasteiger partial charge in [-0.2, -0.15) is 0 Å². The van der Waals surface area contributed by atoms with Crippen molar-refractivity contribution < 1.29 is 9.18 Å². The normalized spacial score (nSPS) is 11.1. The number of benzene rings is 2. The van der Waals surface area contributed by atoms with Crippen molar-refractivity contribution in [3.63, 3.8) is 0 Å². The minimum Gasteiger partial charge on any atom is -0.300 e. The van der Waals surface area contributed by atoms with Crippen molar-refractivity contribution in [1.82, 2.24) is 14.1 Å². The summed E-state index contributed by atoms with van der Waals surface area (Å²) in [4.78, 5) is 30.4. The van der Waals surface area contributed by atoms with Gasteiger partial charge in [0.15, 0.2) is 5.13 Å². The van der Waals surface area contributed by atoms with Crippen LogP contribution in [0.25, 0.3) is 11.0 Å². The van der Waals surface area contributed by atoms with Gasteiger partial charge in [0.05, 0.1) is 11.0 Å². The van der Waals surface area contributed by atoms with E-state index in [2.05, 4.69) is 10.3 Å². The van der Waals surface area contributed by atoms with Crippen LogP contribution in [0, 0.1) is 5.82 Å². The van der Waals surface area contributed by atoms with Crippen LogP contribution in [0.1, 0.15) is 17.4 Å². The van der Waals surface area contributed by atoms with Gasteiger partial charge in [-0.05, 0) is 36.8 Å². The molecule has 29 heavy (non-hydrogen) atoms. The molecule has 8 heteroatoms. The second kappa shape index (κ2) is 8.00. The van der Waals surface area contributed by atoms with Crippen LogP contribution in [0.3, 0.4) is 0 Å². The maximum atomic E-state index is 13.0. The van der Waals surface area contributed by atoms with E-state index in [1.807, 2.05) is 31.2 Å². The summed E-state index contributed by atoms with van der Waals surface area (Å²) >= 11 is 1.36. The van der Waals surface area contributed by atoms with E-state index in [0.29, 0.717) is 18.1 Å². The smallest absolute Gasteiger partial charge is 0.300 e. The summed E-state index contributed by atoms with van der Waals surface area (Å²) < 4.78 is 16.1. The Hall–Kier alpha value is -3.26. The third-order valence-electron chi connectivity index (χ3n) is 4.63. The van der Waals surface area contributed by atoms with Gasteiger partial charge in [0.2, 0.25) is 5.91 Å². The summed E-state index contributed by atoms with van der Waals surface area (Å²) in [5, 5.41) is 3.24. The Balaban J connectivity index is 1.48. The first-order valence-electron chi connectivity index (χ1n) is 9.22. The van der Waals surface area contributed by atoms with E-state index in [9.17, 15) is 14.0 Å². The fourth-order valence-corrected chi connectivity index (χ4v) is 4.15. The van der Waals surface area contributed by atoms with Crippen LogP contribution >= 0.6 is 11.3 Å². The minimum absolute atomic E-state index is 0.0841. The summed E-state index contributed by atoms with van der Waals surface area (Å²) in [6.45, 7) is 2.35. The van der Waals surface area contributed by atoms with Gasteiger partial charge in [-0.15, -0.1) is 11.3 Å². The second-order valence-corrected chi connectivity index (χ2v) is 7.70. The first-order valence-corrected chi connectivity index (χ1v) is 10.0. The summed E-state index contributed by atoms with van der Waals surface area (Å²) in [5.41, 5.74) is 2.29. The monoisotopic (exact) mass is 410 g/mol. The standard InChI is InChI=1S/C21H19FN4O2S/c1-2-25-17-5-3-4-6-18(17)26(21(25)28)13-19(27)24-20-23-12-16(29-20)11-14-7-9-15(22)10-8-14/h3-10,12H,2,11,13H2,1H3,(H,23,24,27). The second-order valence-electron chi connectivity index (χ2n) is 6.58. The average Bonchev–Trinajstić information content (AvgIpc) is 3.26. The Morgan fingerprint density at radius 3 is 2.48 bits per heavy atom. The number of carbonyl (C=O) groups is 1. The van der Waals surface area contributed by atoms with Crippen LogP contribution in [0.15, 0.2) is 59.5 Å². The number of rotatable bonds is 6. The van der Waals surface area contributed by atoms with Crippen LogP contribution in [-0.2, 0) is 24.3 Å². The molecule has 0 unspecified atom stereocenters. The van der Waals surface area contributed by atoms with Gasteiger partial charge in [-0.25, -0.2) is 14.2 Å². The van der Waals surface area contributed by atoms with E-state index in [0.717, 1.165) is 21.5 Å². The average molecular weight is 410 g/mol. The van der Waals surface area contributed by atoms with Crippen LogP contribution in [0.4, 0.5) is 9.52 Å². The van der Waals surface area contributed by atoms with Crippen LogP contribution in [-0.4, -0.2) is 20.0 Å². The van der Waals surface area contributed by atoms with Gasteiger partial charge in [0.1, 0.15) is 12.4 Å². The minimum atomic E-state index is -0.311. The number of hydrogen-bond donors (Lipinski definition) is 1. The Bertz CT molecular complexity index is 1220.